The molecule has 3 aromatic rings. The lowest BCUT2D eigenvalue weighted by atomic mass is 10.2. The van der Waals surface area contributed by atoms with Gasteiger partial charge in [0.05, 0.1) is 24.8 Å². The third-order valence-electron chi connectivity index (χ3n) is 6.28. The van der Waals surface area contributed by atoms with E-state index in [9.17, 15) is 4.79 Å². The highest BCUT2D eigenvalue weighted by atomic mass is 16.2. The maximum Gasteiger partial charge on any atom is 0.257 e. The summed E-state index contributed by atoms with van der Waals surface area (Å²) < 4.78 is 4.14. The standard InChI is InChI=1S/C23H29N7O/c31-23(20-15-24-29(17-20)16-19-7-3-1-4-8-19)28-13-11-27(12-14-28)18-22-26-25-21-9-5-2-6-10-30(21)22/h1,3-4,7-8,15,17H,2,5-6,9-14,16,18H2. The third-order valence-corrected chi connectivity index (χ3v) is 6.28. The molecule has 31 heavy (non-hydrogen) atoms. The minimum absolute atomic E-state index is 0.0651. The van der Waals surface area contributed by atoms with Crippen LogP contribution in [0.15, 0.2) is 42.7 Å². The molecule has 8 nitrogen and oxygen atoms in total. The molecule has 2 aliphatic heterocycles. The molecule has 2 aromatic heterocycles. The van der Waals surface area contributed by atoms with Gasteiger partial charge >= 0.3 is 0 Å². The summed E-state index contributed by atoms with van der Waals surface area (Å²) in [4.78, 5) is 17.3. The van der Waals surface area contributed by atoms with E-state index < -0.39 is 0 Å². The quantitative estimate of drug-likeness (QED) is 0.634. The molecule has 1 aromatic carbocycles. The number of rotatable bonds is 5. The number of benzene rings is 1. The van der Waals surface area contributed by atoms with Gasteiger partial charge in [-0.2, -0.15) is 5.10 Å². The fourth-order valence-corrected chi connectivity index (χ4v) is 4.48. The van der Waals surface area contributed by atoms with Crippen LogP contribution >= 0.6 is 0 Å². The monoisotopic (exact) mass is 419 g/mol. The Hall–Kier alpha value is -3.00. The van der Waals surface area contributed by atoms with E-state index in [-0.39, 0.29) is 5.91 Å². The zero-order chi connectivity index (χ0) is 21.0. The maximum atomic E-state index is 12.9. The summed E-state index contributed by atoms with van der Waals surface area (Å²) in [6.07, 6.45) is 8.26. The van der Waals surface area contributed by atoms with E-state index in [1.807, 2.05) is 34.0 Å². The Kier molecular flexibility index (Phi) is 5.80. The summed E-state index contributed by atoms with van der Waals surface area (Å²) in [5.74, 6) is 2.27. The van der Waals surface area contributed by atoms with Crippen LogP contribution < -0.4 is 0 Å². The molecule has 2 aliphatic rings. The van der Waals surface area contributed by atoms with Gasteiger partial charge < -0.3 is 9.47 Å². The van der Waals surface area contributed by atoms with Crippen LogP contribution in [0.4, 0.5) is 0 Å². The number of aromatic nitrogens is 5. The Morgan fingerprint density at radius 3 is 2.58 bits per heavy atom. The number of hydrogen-bond donors (Lipinski definition) is 0. The van der Waals surface area contributed by atoms with Crippen molar-refractivity contribution in [1.29, 1.82) is 0 Å². The Labute approximate surface area is 182 Å². The first-order valence-corrected chi connectivity index (χ1v) is 11.3. The molecular weight excluding hydrogens is 390 g/mol. The van der Waals surface area contributed by atoms with Crippen molar-refractivity contribution in [2.24, 2.45) is 0 Å². The molecule has 8 heteroatoms. The van der Waals surface area contributed by atoms with Crippen LogP contribution in [-0.2, 0) is 26.1 Å². The summed E-state index contributed by atoms with van der Waals surface area (Å²) in [6, 6.07) is 10.2. The van der Waals surface area contributed by atoms with Crippen LogP contribution in [0.1, 0.15) is 46.8 Å². The van der Waals surface area contributed by atoms with E-state index in [0.29, 0.717) is 12.1 Å². The minimum atomic E-state index is 0.0651. The lowest BCUT2D eigenvalue weighted by Gasteiger charge is -2.34. The first-order valence-electron chi connectivity index (χ1n) is 11.3. The van der Waals surface area contributed by atoms with Crippen molar-refractivity contribution in [3.05, 3.63) is 65.5 Å². The molecule has 5 rings (SSSR count). The average Bonchev–Trinajstić information content (AvgIpc) is 3.34. The van der Waals surface area contributed by atoms with Crippen molar-refractivity contribution in [3.8, 4) is 0 Å². The molecule has 0 unspecified atom stereocenters. The van der Waals surface area contributed by atoms with Gasteiger partial charge in [0.2, 0.25) is 0 Å². The molecule has 1 saturated heterocycles. The molecule has 0 bridgehead atoms. The van der Waals surface area contributed by atoms with E-state index in [1.165, 1.54) is 24.8 Å². The lowest BCUT2D eigenvalue weighted by Crippen LogP contribution is -2.48. The van der Waals surface area contributed by atoms with Crippen molar-refractivity contribution in [2.75, 3.05) is 26.2 Å². The Bertz CT molecular complexity index is 1020. The third kappa shape index (κ3) is 4.54. The number of carbonyl (C=O) groups is 1. The SMILES string of the molecule is O=C(c1cnn(Cc2ccccc2)c1)N1CCN(Cc2nnc3n2CCCCC3)CC1. The number of aryl methyl sites for hydroxylation is 1. The Morgan fingerprint density at radius 1 is 0.903 bits per heavy atom. The van der Waals surface area contributed by atoms with Gasteiger partial charge in [-0.1, -0.05) is 36.8 Å². The number of piperazine rings is 1. The smallest absolute Gasteiger partial charge is 0.257 e. The average molecular weight is 420 g/mol. The normalized spacial score (nSPS) is 17.4. The lowest BCUT2D eigenvalue weighted by molar-refractivity contribution is 0.0623. The van der Waals surface area contributed by atoms with Crippen molar-refractivity contribution < 1.29 is 4.79 Å². The molecule has 0 spiro atoms. The topological polar surface area (TPSA) is 72.1 Å². The van der Waals surface area contributed by atoms with Gasteiger partial charge in [-0.3, -0.25) is 14.4 Å². The van der Waals surface area contributed by atoms with Crippen LogP contribution in [0.2, 0.25) is 0 Å². The number of carbonyl (C=O) groups excluding carboxylic acids is 1. The zero-order valence-corrected chi connectivity index (χ0v) is 17.9. The van der Waals surface area contributed by atoms with Crippen LogP contribution in [0.25, 0.3) is 0 Å². The number of amides is 1. The minimum Gasteiger partial charge on any atom is -0.336 e. The van der Waals surface area contributed by atoms with Crippen LogP contribution in [0, 0.1) is 0 Å². The number of fused-ring (bicyclic) bond motifs is 1. The summed E-state index contributed by atoms with van der Waals surface area (Å²) in [6.45, 7) is 5.67. The zero-order valence-electron chi connectivity index (χ0n) is 17.9. The predicted molar refractivity (Wildman–Crippen MR) is 117 cm³/mol. The van der Waals surface area contributed by atoms with Crippen molar-refractivity contribution in [2.45, 2.75) is 45.3 Å². The van der Waals surface area contributed by atoms with Gasteiger partial charge in [-0.15, -0.1) is 10.2 Å². The second kappa shape index (κ2) is 9.01. The summed E-state index contributed by atoms with van der Waals surface area (Å²) in [7, 11) is 0. The van der Waals surface area contributed by atoms with E-state index >= 15 is 0 Å². The number of nitrogens with zero attached hydrogens (tertiary/aromatic N) is 7. The highest BCUT2D eigenvalue weighted by Crippen LogP contribution is 2.17. The van der Waals surface area contributed by atoms with Crippen molar-refractivity contribution in [1.82, 2.24) is 34.3 Å². The molecule has 0 atom stereocenters. The molecule has 4 heterocycles. The molecular formula is C23H29N7O. The first-order chi connectivity index (χ1) is 15.3. The van der Waals surface area contributed by atoms with Gasteiger partial charge in [0.25, 0.3) is 5.91 Å². The molecule has 1 amide bonds. The fourth-order valence-electron chi connectivity index (χ4n) is 4.48. The van der Waals surface area contributed by atoms with E-state index in [1.54, 1.807) is 6.20 Å². The van der Waals surface area contributed by atoms with Crippen molar-refractivity contribution >= 4 is 5.91 Å². The van der Waals surface area contributed by atoms with E-state index in [2.05, 4.69) is 36.9 Å². The number of hydrogen-bond acceptors (Lipinski definition) is 5. The Morgan fingerprint density at radius 2 is 1.74 bits per heavy atom. The molecule has 0 saturated carbocycles. The van der Waals surface area contributed by atoms with Crippen LogP contribution in [0.5, 0.6) is 0 Å². The summed E-state index contributed by atoms with van der Waals surface area (Å²) in [5, 5.41) is 13.2. The van der Waals surface area contributed by atoms with Crippen molar-refractivity contribution in [3.63, 3.8) is 0 Å². The summed E-state index contributed by atoms with van der Waals surface area (Å²) >= 11 is 0. The van der Waals surface area contributed by atoms with Crippen LogP contribution in [0.3, 0.4) is 0 Å². The molecule has 0 N–H and O–H groups in total. The highest BCUT2D eigenvalue weighted by Gasteiger charge is 2.25. The van der Waals surface area contributed by atoms with E-state index in [4.69, 9.17) is 0 Å². The largest absolute Gasteiger partial charge is 0.336 e. The maximum absolute atomic E-state index is 12.9. The Balaban J connectivity index is 1.16. The molecule has 0 aliphatic carbocycles. The second-order valence-electron chi connectivity index (χ2n) is 8.48. The van der Waals surface area contributed by atoms with Crippen LogP contribution in [-0.4, -0.2) is 66.4 Å². The van der Waals surface area contributed by atoms with Gasteiger partial charge in [0.15, 0.2) is 0 Å². The van der Waals surface area contributed by atoms with E-state index in [0.717, 1.165) is 57.3 Å². The van der Waals surface area contributed by atoms with Gasteiger partial charge in [0.1, 0.15) is 11.6 Å². The highest BCUT2D eigenvalue weighted by molar-refractivity contribution is 5.93. The first kappa shape index (κ1) is 19.9. The molecule has 0 radical (unpaired) electrons. The molecule has 162 valence electrons. The molecule has 1 fully saturated rings. The second-order valence-corrected chi connectivity index (χ2v) is 8.48. The van der Waals surface area contributed by atoms with Gasteiger partial charge in [0, 0.05) is 45.3 Å². The fraction of sp³-hybridized carbons (Fsp3) is 0.478. The van der Waals surface area contributed by atoms with Gasteiger partial charge in [-0.05, 0) is 18.4 Å². The summed E-state index contributed by atoms with van der Waals surface area (Å²) in [5.41, 5.74) is 1.83. The predicted octanol–water partition coefficient (Wildman–Crippen LogP) is 2.21. The van der Waals surface area contributed by atoms with Gasteiger partial charge in [-0.25, -0.2) is 0 Å².